The lowest BCUT2D eigenvalue weighted by Gasteiger charge is -2.22. The first kappa shape index (κ1) is 88.3. The van der Waals surface area contributed by atoms with Crippen molar-refractivity contribution in [3.8, 4) is 0 Å². The maximum atomic E-state index is 12.6. The molecule has 0 aliphatic rings. The van der Waals surface area contributed by atoms with E-state index in [2.05, 4.69) is 43.5 Å². The maximum absolute atomic E-state index is 12.6. The van der Waals surface area contributed by atoms with Gasteiger partial charge >= 0.3 is 5.97 Å². The quantitative estimate of drug-likeness (QED) is 0.0320. The first-order valence-electron chi connectivity index (χ1n) is 41.6. The van der Waals surface area contributed by atoms with Crippen molar-refractivity contribution in [1.82, 2.24) is 5.32 Å². The third-order valence-electron chi connectivity index (χ3n) is 19.8. The molecular weight excluding hydrogens is 1100 g/mol. The molecule has 90 heavy (non-hydrogen) atoms. The van der Waals surface area contributed by atoms with E-state index in [0.717, 1.165) is 51.4 Å². The van der Waals surface area contributed by atoms with E-state index in [1.807, 2.05) is 0 Å². The van der Waals surface area contributed by atoms with Crippen molar-refractivity contribution < 1.29 is 24.5 Å². The van der Waals surface area contributed by atoms with Crippen molar-refractivity contribution in [2.75, 3.05) is 13.2 Å². The van der Waals surface area contributed by atoms with Gasteiger partial charge in [0.05, 0.1) is 25.4 Å². The Morgan fingerprint density at radius 3 is 0.856 bits per heavy atom. The molecule has 1 amide bonds. The number of hydrogen-bond acceptors (Lipinski definition) is 5. The summed E-state index contributed by atoms with van der Waals surface area (Å²) in [6.45, 7) is 4.99. The molecule has 0 rings (SSSR count). The van der Waals surface area contributed by atoms with E-state index in [1.165, 1.54) is 392 Å². The third-order valence-corrected chi connectivity index (χ3v) is 19.8. The molecule has 0 fully saturated rings. The molecule has 2 unspecified atom stereocenters. The van der Waals surface area contributed by atoms with Crippen LogP contribution in [-0.2, 0) is 14.3 Å². The number of amides is 1. The standard InChI is InChI=1S/C84H163NO5/c1-3-5-7-9-11-13-15-17-19-21-23-24-25-32-35-38-41-44-48-52-56-60-64-68-72-76-82(87)81(80-86)85-83(88)77-73-69-65-61-57-53-49-45-42-39-36-33-30-28-26-27-29-31-34-37-40-43-47-51-55-59-63-67-71-75-79-90-84(89)78-74-70-66-62-58-54-50-46-22-20-18-16-14-12-10-8-6-4-2/h14,16,20,22,81-82,86-87H,3-13,15,17-19,21,23-80H2,1-2H3,(H,85,88)/b16-14-,22-20-. The lowest BCUT2D eigenvalue weighted by atomic mass is 10.0. The zero-order valence-electron chi connectivity index (χ0n) is 61.4. The lowest BCUT2D eigenvalue weighted by Crippen LogP contribution is -2.45. The molecule has 0 heterocycles. The van der Waals surface area contributed by atoms with Gasteiger partial charge in [-0.1, -0.05) is 430 Å². The molecule has 0 aromatic carbocycles. The molecule has 2 atom stereocenters. The van der Waals surface area contributed by atoms with Crippen LogP contribution >= 0.6 is 0 Å². The van der Waals surface area contributed by atoms with Crippen molar-refractivity contribution in [2.24, 2.45) is 0 Å². The second kappa shape index (κ2) is 79.8. The lowest BCUT2D eigenvalue weighted by molar-refractivity contribution is -0.143. The van der Waals surface area contributed by atoms with Gasteiger partial charge in [0.2, 0.25) is 5.91 Å². The van der Waals surface area contributed by atoms with Crippen LogP contribution in [0.5, 0.6) is 0 Å². The normalized spacial score (nSPS) is 12.5. The number of allylic oxidation sites excluding steroid dienone is 4. The number of aliphatic hydroxyl groups excluding tert-OH is 2. The number of carbonyl (C=O) groups is 2. The van der Waals surface area contributed by atoms with Crippen molar-refractivity contribution in [1.29, 1.82) is 0 Å². The summed E-state index contributed by atoms with van der Waals surface area (Å²) in [6.07, 6.45) is 103. The molecule has 0 aliphatic heterocycles. The monoisotopic (exact) mass is 1270 g/mol. The Kier molecular flexibility index (Phi) is 78.3. The van der Waals surface area contributed by atoms with E-state index >= 15 is 0 Å². The number of aliphatic hydroxyl groups is 2. The van der Waals surface area contributed by atoms with Gasteiger partial charge in [-0.15, -0.1) is 0 Å². The molecule has 534 valence electrons. The van der Waals surface area contributed by atoms with Crippen LogP contribution in [0, 0.1) is 0 Å². The van der Waals surface area contributed by atoms with Gasteiger partial charge in [-0.05, 0) is 57.8 Å². The summed E-state index contributed by atoms with van der Waals surface area (Å²) in [5.74, 6) is -0.0109. The molecule has 0 radical (unpaired) electrons. The topological polar surface area (TPSA) is 95.9 Å². The van der Waals surface area contributed by atoms with E-state index in [0.29, 0.717) is 25.9 Å². The molecule has 0 aromatic heterocycles. The summed E-state index contributed by atoms with van der Waals surface area (Å²) in [7, 11) is 0. The highest BCUT2D eigenvalue weighted by atomic mass is 16.5. The zero-order valence-corrected chi connectivity index (χ0v) is 61.4. The smallest absolute Gasteiger partial charge is 0.305 e. The summed E-state index contributed by atoms with van der Waals surface area (Å²) in [5, 5.41) is 23.5. The third kappa shape index (κ3) is 75.4. The van der Waals surface area contributed by atoms with Gasteiger partial charge in [0.25, 0.3) is 0 Å². The Morgan fingerprint density at radius 2 is 0.556 bits per heavy atom. The van der Waals surface area contributed by atoms with Crippen LogP contribution < -0.4 is 5.32 Å². The molecular formula is C84H163NO5. The second-order valence-corrected chi connectivity index (χ2v) is 28.8. The first-order chi connectivity index (χ1) is 44.5. The SMILES string of the molecule is CCCCCC/C=C\C/C=C\CCCCCCCCCC(=O)OCCCCCCCCCCCCCCCCCCCCCCCCCCCCCCCCC(=O)NC(CO)C(O)CCCCCCCCCCCCCCCCCCCCCCCCCCC. The van der Waals surface area contributed by atoms with Crippen molar-refractivity contribution in [2.45, 2.75) is 488 Å². The summed E-state index contributed by atoms with van der Waals surface area (Å²) in [5.41, 5.74) is 0. The van der Waals surface area contributed by atoms with E-state index < -0.39 is 12.1 Å². The molecule has 0 saturated heterocycles. The van der Waals surface area contributed by atoms with Crippen LogP contribution in [0.15, 0.2) is 24.3 Å². The van der Waals surface area contributed by atoms with E-state index in [4.69, 9.17) is 4.74 Å². The first-order valence-corrected chi connectivity index (χ1v) is 41.6. The van der Waals surface area contributed by atoms with Gasteiger partial charge in [-0.2, -0.15) is 0 Å². The summed E-state index contributed by atoms with van der Waals surface area (Å²) < 4.78 is 5.51. The van der Waals surface area contributed by atoms with Crippen molar-refractivity contribution >= 4 is 11.9 Å². The highest BCUT2D eigenvalue weighted by Gasteiger charge is 2.20. The largest absolute Gasteiger partial charge is 0.466 e. The van der Waals surface area contributed by atoms with E-state index in [1.54, 1.807) is 0 Å². The number of carbonyl (C=O) groups excluding carboxylic acids is 2. The number of esters is 1. The number of unbranched alkanes of at least 4 members (excludes halogenated alkanes) is 64. The van der Waals surface area contributed by atoms with Gasteiger partial charge in [-0.3, -0.25) is 9.59 Å². The number of ether oxygens (including phenoxy) is 1. The number of nitrogens with one attached hydrogen (secondary N) is 1. The van der Waals surface area contributed by atoms with E-state index in [9.17, 15) is 19.8 Å². The van der Waals surface area contributed by atoms with Gasteiger partial charge in [0.1, 0.15) is 0 Å². The molecule has 0 saturated carbocycles. The predicted molar refractivity (Wildman–Crippen MR) is 398 cm³/mol. The minimum absolute atomic E-state index is 0.0140. The number of rotatable bonds is 79. The second-order valence-electron chi connectivity index (χ2n) is 28.8. The molecule has 6 nitrogen and oxygen atoms in total. The van der Waals surface area contributed by atoms with Gasteiger partial charge in [0.15, 0.2) is 0 Å². The molecule has 0 aliphatic carbocycles. The Labute approximate surface area is 564 Å². The fraction of sp³-hybridized carbons (Fsp3) is 0.929. The van der Waals surface area contributed by atoms with Crippen molar-refractivity contribution in [3.05, 3.63) is 24.3 Å². The maximum Gasteiger partial charge on any atom is 0.305 e. The van der Waals surface area contributed by atoms with Crippen LogP contribution in [-0.4, -0.2) is 47.4 Å². The molecule has 6 heteroatoms. The van der Waals surface area contributed by atoms with Crippen LogP contribution in [0.4, 0.5) is 0 Å². The van der Waals surface area contributed by atoms with Crippen LogP contribution in [0.1, 0.15) is 476 Å². The summed E-state index contributed by atoms with van der Waals surface area (Å²) in [4.78, 5) is 24.7. The summed E-state index contributed by atoms with van der Waals surface area (Å²) >= 11 is 0. The zero-order chi connectivity index (χ0) is 64.9. The Hall–Kier alpha value is -1.66. The summed E-state index contributed by atoms with van der Waals surface area (Å²) in [6, 6.07) is -0.540. The highest BCUT2D eigenvalue weighted by molar-refractivity contribution is 5.76. The van der Waals surface area contributed by atoms with E-state index in [-0.39, 0.29) is 18.5 Å². The van der Waals surface area contributed by atoms with Gasteiger partial charge < -0.3 is 20.3 Å². The van der Waals surface area contributed by atoms with Gasteiger partial charge in [-0.25, -0.2) is 0 Å². The van der Waals surface area contributed by atoms with Crippen molar-refractivity contribution in [3.63, 3.8) is 0 Å². The molecule has 3 N–H and O–H groups in total. The average Bonchev–Trinajstić information content (AvgIpc) is 3.60. The fourth-order valence-corrected chi connectivity index (χ4v) is 13.4. The minimum Gasteiger partial charge on any atom is -0.466 e. The Morgan fingerprint density at radius 1 is 0.311 bits per heavy atom. The Bertz CT molecular complexity index is 1410. The fourth-order valence-electron chi connectivity index (χ4n) is 13.4. The molecule has 0 spiro atoms. The van der Waals surface area contributed by atoms with Crippen LogP contribution in [0.3, 0.4) is 0 Å². The van der Waals surface area contributed by atoms with Crippen LogP contribution in [0.25, 0.3) is 0 Å². The molecule has 0 aromatic rings. The molecule has 0 bridgehead atoms. The Balaban J connectivity index is 3.33. The predicted octanol–water partition coefficient (Wildman–Crippen LogP) is 27.6. The van der Waals surface area contributed by atoms with Gasteiger partial charge in [0, 0.05) is 12.8 Å². The highest BCUT2D eigenvalue weighted by Crippen LogP contribution is 2.21. The number of hydrogen-bond donors (Lipinski definition) is 3. The van der Waals surface area contributed by atoms with Crippen LogP contribution in [0.2, 0.25) is 0 Å². The average molecular weight is 1270 g/mol. The minimum atomic E-state index is -0.663.